The molecule has 0 aromatic heterocycles. The summed E-state index contributed by atoms with van der Waals surface area (Å²) in [4.78, 5) is 14.4. The Labute approximate surface area is 117 Å². The first-order valence-corrected chi connectivity index (χ1v) is 6.37. The molecule has 0 radical (unpaired) electrons. The monoisotopic (exact) mass is 280 g/mol. The zero-order valence-electron chi connectivity index (χ0n) is 10.7. The van der Waals surface area contributed by atoms with Crippen molar-refractivity contribution in [3.8, 4) is 5.75 Å². The van der Waals surface area contributed by atoms with E-state index in [2.05, 4.69) is 0 Å². The van der Waals surface area contributed by atoms with Crippen molar-refractivity contribution in [3.05, 3.63) is 29.8 Å². The number of nitrogens with zero attached hydrogens (tertiary/aromatic N) is 1. The summed E-state index contributed by atoms with van der Waals surface area (Å²) in [5.41, 5.74) is 6.10. The number of carbonyl (C=O) groups excluding carboxylic acids is 1. The predicted octanol–water partition coefficient (Wildman–Crippen LogP) is 0.822. The van der Waals surface area contributed by atoms with Gasteiger partial charge in [0.1, 0.15) is 16.8 Å². The number of rotatable bonds is 3. The van der Waals surface area contributed by atoms with Gasteiger partial charge in [-0.3, -0.25) is 4.79 Å². The molecule has 1 unspecified atom stereocenters. The van der Waals surface area contributed by atoms with E-state index in [1.54, 1.807) is 30.2 Å². The van der Waals surface area contributed by atoms with Crippen LogP contribution < -0.4 is 10.5 Å². The quantitative estimate of drug-likeness (QED) is 0.831. The van der Waals surface area contributed by atoms with Gasteiger partial charge in [0.2, 0.25) is 0 Å². The summed E-state index contributed by atoms with van der Waals surface area (Å²) >= 11 is 4.91. The average molecular weight is 280 g/mol. The first kappa shape index (κ1) is 13.8. The second-order valence-electron chi connectivity index (χ2n) is 4.21. The Kier molecular flexibility index (Phi) is 4.34. The minimum absolute atomic E-state index is 0.0954. The highest BCUT2D eigenvalue weighted by Crippen LogP contribution is 2.20. The summed E-state index contributed by atoms with van der Waals surface area (Å²) in [6.07, 6.45) is -0.373. The lowest BCUT2D eigenvalue weighted by Crippen LogP contribution is -2.49. The van der Waals surface area contributed by atoms with Crippen molar-refractivity contribution in [2.24, 2.45) is 5.73 Å². The zero-order valence-corrected chi connectivity index (χ0v) is 11.5. The van der Waals surface area contributed by atoms with Crippen molar-refractivity contribution in [1.82, 2.24) is 4.90 Å². The van der Waals surface area contributed by atoms with E-state index in [0.717, 1.165) is 0 Å². The molecule has 1 aliphatic rings. The van der Waals surface area contributed by atoms with Gasteiger partial charge < -0.3 is 20.1 Å². The van der Waals surface area contributed by atoms with E-state index in [-0.39, 0.29) is 17.0 Å². The Balaban J connectivity index is 2.17. The second kappa shape index (κ2) is 5.99. The van der Waals surface area contributed by atoms with Crippen LogP contribution in [0.5, 0.6) is 5.75 Å². The first-order chi connectivity index (χ1) is 9.13. The maximum absolute atomic E-state index is 12.5. The van der Waals surface area contributed by atoms with E-state index >= 15 is 0 Å². The van der Waals surface area contributed by atoms with Gasteiger partial charge in [-0.2, -0.15) is 0 Å². The van der Waals surface area contributed by atoms with Crippen LogP contribution in [0.2, 0.25) is 0 Å². The number of nitrogens with two attached hydrogens (primary N) is 1. The van der Waals surface area contributed by atoms with Crippen LogP contribution in [0.3, 0.4) is 0 Å². The maximum Gasteiger partial charge on any atom is 0.257 e. The number of amides is 1. The van der Waals surface area contributed by atoms with Gasteiger partial charge >= 0.3 is 0 Å². The minimum Gasteiger partial charge on any atom is -0.496 e. The van der Waals surface area contributed by atoms with Crippen LogP contribution in [0.1, 0.15) is 10.4 Å². The number of hydrogen-bond donors (Lipinski definition) is 1. The number of carbonyl (C=O) groups is 1. The number of methoxy groups -OCH3 is 1. The van der Waals surface area contributed by atoms with Crippen LogP contribution in [-0.4, -0.2) is 48.7 Å². The maximum atomic E-state index is 12.5. The molecular weight excluding hydrogens is 264 g/mol. The van der Waals surface area contributed by atoms with Crippen molar-refractivity contribution < 1.29 is 14.3 Å². The van der Waals surface area contributed by atoms with Gasteiger partial charge in [0.15, 0.2) is 0 Å². The van der Waals surface area contributed by atoms with Crippen LogP contribution in [0.15, 0.2) is 24.3 Å². The van der Waals surface area contributed by atoms with Gasteiger partial charge in [0, 0.05) is 6.54 Å². The van der Waals surface area contributed by atoms with E-state index in [1.165, 1.54) is 0 Å². The Morgan fingerprint density at radius 2 is 2.26 bits per heavy atom. The Bertz CT molecular complexity index is 493. The molecule has 1 aliphatic heterocycles. The van der Waals surface area contributed by atoms with E-state index < -0.39 is 0 Å². The fraction of sp³-hybridized carbons (Fsp3) is 0.385. The molecule has 0 aliphatic carbocycles. The Morgan fingerprint density at radius 1 is 1.53 bits per heavy atom. The van der Waals surface area contributed by atoms with Crippen LogP contribution in [0.4, 0.5) is 0 Å². The number of morpholine rings is 1. The summed E-state index contributed by atoms with van der Waals surface area (Å²) in [7, 11) is 1.54. The molecule has 1 atom stereocenters. The third kappa shape index (κ3) is 3.02. The average Bonchev–Trinajstić information content (AvgIpc) is 2.46. The topological polar surface area (TPSA) is 64.8 Å². The van der Waals surface area contributed by atoms with Crippen LogP contribution >= 0.6 is 12.2 Å². The lowest BCUT2D eigenvalue weighted by molar-refractivity contribution is 0.00864. The molecule has 19 heavy (non-hydrogen) atoms. The van der Waals surface area contributed by atoms with Crippen molar-refractivity contribution in [2.45, 2.75) is 6.10 Å². The molecule has 0 spiro atoms. The molecule has 5 nitrogen and oxygen atoms in total. The van der Waals surface area contributed by atoms with Gasteiger partial charge in [0.25, 0.3) is 5.91 Å². The lowest BCUT2D eigenvalue weighted by Gasteiger charge is -2.32. The highest BCUT2D eigenvalue weighted by atomic mass is 32.1. The first-order valence-electron chi connectivity index (χ1n) is 5.96. The molecule has 1 saturated heterocycles. The molecule has 1 heterocycles. The molecule has 6 heteroatoms. The molecule has 1 fully saturated rings. The van der Waals surface area contributed by atoms with Crippen molar-refractivity contribution >= 4 is 23.1 Å². The number of para-hydroxylation sites is 1. The Hall–Kier alpha value is -1.66. The molecule has 0 bridgehead atoms. The zero-order chi connectivity index (χ0) is 13.8. The molecule has 0 saturated carbocycles. The fourth-order valence-corrected chi connectivity index (χ4v) is 2.14. The third-order valence-electron chi connectivity index (χ3n) is 3.01. The van der Waals surface area contributed by atoms with Crippen molar-refractivity contribution in [1.29, 1.82) is 0 Å². The molecule has 2 rings (SSSR count). The number of benzene rings is 1. The molecule has 1 amide bonds. The molecule has 1 aromatic carbocycles. The van der Waals surface area contributed by atoms with Crippen LogP contribution in [0, 0.1) is 0 Å². The predicted molar refractivity (Wildman–Crippen MR) is 75.4 cm³/mol. The molecule has 2 N–H and O–H groups in total. The van der Waals surface area contributed by atoms with E-state index in [1.807, 2.05) is 6.07 Å². The van der Waals surface area contributed by atoms with Gasteiger partial charge in [-0.1, -0.05) is 24.4 Å². The van der Waals surface area contributed by atoms with E-state index in [4.69, 9.17) is 27.4 Å². The highest BCUT2D eigenvalue weighted by molar-refractivity contribution is 7.80. The summed E-state index contributed by atoms with van der Waals surface area (Å²) in [5.74, 6) is 0.466. The van der Waals surface area contributed by atoms with E-state index in [9.17, 15) is 4.79 Å². The second-order valence-corrected chi connectivity index (χ2v) is 4.68. The van der Waals surface area contributed by atoms with Crippen molar-refractivity contribution in [2.75, 3.05) is 26.8 Å². The SMILES string of the molecule is COc1ccccc1C(=O)N1CCOC(C(N)=S)C1. The number of hydrogen-bond acceptors (Lipinski definition) is 4. The Morgan fingerprint density at radius 3 is 2.95 bits per heavy atom. The van der Waals surface area contributed by atoms with Gasteiger partial charge in [-0.15, -0.1) is 0 Å². The van der Waals surface area contributed by atoms with Gasteiger partial charge in [-0.05, 0) is 12.1 Å². The van der Waals surface area contributed by atoms with Crippen LogP contribution in [-0.2, 0) is 4.74 Å². The lowest BCUT2D eigenvalue weighted by atomic mass is 10.1. The van der Waals surface area contributed by atoms with Gasteiger partial charge in [0.05, 0.1) is 25.8 Å². The smallest absolute Gasteiger partial charge is 0.257 e. The summed E-state index contributed by atoms with van der Waals surface area (Å²) in [6.45, 7) is 1.34. The standard InChI is InChI=1S/C13H16N2O3S/c1-17-10-5-3-2-4-9(10)13(16)15-6-7-18-11(8-15)12(14)19/h2-5,11H,6-8H2,1H3,(H2,14,19). The minimum atomic E-state index is -0.373. The largest absolute Gasteiger partial charge is 0.496 e. The van der Waals surface area contributed by atoms with Crippen LogP contribution in [0.25, 0.3) is 0 Å². The summed E-state index contributed by atoms with van der Waals surface area (Å²) in [5, 5.41) is 0. The summed E-state index contributed by atoms with van der Waals surface area (Å²) in [6, 6.07) is 7.14. The van der Waals surface area contributed by atoms with Crippen molar-refractivity contribution in [3.63, 3.8) is 0 Å². The molecule has 1 aromatic rings. The fourth-order valence-electron chi connectivity index (χ4n) is 2.00. The molecular formula is C13H16N2O3S. The molecule has 102 valence electrons. The summed E-state index contributed by atoms with van der Waals surface area (Å²) < 4.78 is 10.6. The number of thiocarbonyl (C=S) groups is 1. The van der Waals surface area contributed by atoms with E-state index in [0.29, 0.717) is 31.0 Å². The van der Waals surface area contributed by atoms with Gasteiger partial charge in [-0.25, -0.2) is 0 Å². The third-order valence-corrected chi connectivity index (χ3v) is 3.27. The normalized spacial score (nSPS) is 19.0. The highest BCUT2D eigenvalue weighted by Gasteiger charge is 2.27. The number of ether oxygens (including phenoxy) is 2.